The molecule has 2 aromatic rings. The van der Waals surface area contributed by atoms with Crippen LogP contribution in [0.25, 0.3) is 0 Å². The summed E-state index contributed by atoms with van der Waals surface area (Å²) >= 11 is 0. The number of esters is 1. The number of para-hydroxylation sites is 1. The van der Waals surface area contributed by atoms with Gasteiger partial charge in [0.25, 0.3) is 5.91 Å². The number of carbonyl (C=O) groups excluding carboxylic acids is 3. The van der Waals surface area contributed by atoms with Crippen LogP contribution in [-0.2, 0) is 9.53 Å². The zero-order chi connectivity index (χ0) is 17.7. The molecule has 2 N–H and O–H groups in total. The van der Waals surface area contributed by atoms with E-state index < -0.39 is 18.0 Å². The largest absolute Gasteiger partial charge is 0.507 e. The number of anilines is 1. The summed E-state index contributed by atoms with van der Waals surface area (Å²) in [7, 11) is 0. The highest BCUT2D eigenvalue weighted by atomic mass is 16.5. The second kappa shape index (κ2) is 7.41. The first-order valence-electron chi connectivity index (χ1n) is 7.29. The molecule has 0 aliphatic rings. The van der Waals surface area contributed by atoms with Crippen molar-refractivity contribution in [2.45, 2.75) is 20.0 Å². The van der Waals surface area contributed by atoms with Gasteiger partial charge in [-0.05, 0) is 38.1 Å². The Morgan fingerprint density at radius 2 is 1.79 bits per heavy atom. The topological polar surface area (TPSA) is 92.7 Å². The SMILES string of the molecule is CC(=O)c1cccc(NC(=O)[C@H](C)OC(=O)c2ccccc2O)c1. The number of amides is 1. The van der Waals surface area contributed by atoms with Crippen molar-refractivity contribution < 1.29 is 24.2 Å². The highest BCUT2D eigenvalue weighted by molar-refractivity contribution is 6.00. The molecular weight excluding hydrogens is 310 g/mol. The van der Waals surface area contributed by atoms with Crippen molar-refractivity contribution in [3.05, 3.63) is 59.7 Å². The number of ketones is 1. The maximum Gasteiger partial charge on any atom is 0.342 e. The second-order valence-electron chi connectivity index (χ2n) is 5.19. The van der Waals surface area contributed by atoms with E-state index >= 15 is 0 Å². The van der Waals surface area contributed by atoms with Crippen LogP contribution in [0.4, 0.5) is 5.69 Å². The van der Waals surface area contributed by atoms with Crippen LogP contribution in [0.3, 0.4) is 0 Å². The van der Waals surface area contributed by atoms with Gasteiger partial charge in [-0.2, -0.15) is 0 Å². The molecule has 1 amide bonds. The third-order valence-electron chi connectivity index (χ3n) is 3.31. The Morgan fingerprint density at radius 1 is 1.08 bits per heavy atom. The average molecular weight is 327 g/mol. The zero-order valence-corrected chi connectivity index (χ0v) is 13.3. The number of Topliss-reactive ketones (excluding diaryl/α,β-unsaturated/α-hetero) is 1. The Kier molecular flexibility index (Phi) is 5.31. The fourth-order valence-electron chi connectivity index (χ4n) is 1.98. The number of benzene rings is 2. The van der Waals surface area contributed by atoms with Crippen molar-refractivity contribution in [3.8, 4) is 5.75 Å². The molecule has 6 nitrogen and oxygen atoms in total. The molecule has 2 aromatic carbocycles. The van der Waals surface area contributed by atoms with Crippen LogP contribution in [-0.4, -0.2) is 28.9 Å². The van der Waals surface area contributed by atoms with E-state index in [1.54, 1.807) is 30.3 Å². The summed E-state index contributed by atoms with van der Waals surface area (Å²) in [6.07, 6.45) is -1.07. The molecule has 2 rings (SSSR count). The normalized spacial score (nSPS) is 11.4. The van der Waals surface area contributed by atoms with Gasteiger partial charge < -0.3 is 15.2 Å². The first kappa shape index (κ1) is 17.2. The number of phenolic OH excluding ortho intramolecular Hbond substituents is 1. The van der Waals surface area contributed by atoms with Crippen LogP contribution in [0, 0.1) is 0 Å². The van der Waals surface area contributed by atoms with E-state index in [-0.39, 0.29) is 17.1 Å². The summed E-state index contributed by atoms with van der Waals surface area (Å²) in [6.45, 7) is 2.85. The predicted molar refractivity (Wildman–Crippen MR) is 88.1 cm³/mol. The number of hydrogen-bond donors (Lipinski definition) is 2. The standard InChI is InChI=1S/C18H17NO5/c1-11(20)13-6-5-7-14(10-13)19-17(22)12(2)24-18(23)15-8-3-4-9-16(15)21/h3-10,12,21H,1-2H3,(H,19,22)/t12-/m0/s1. The summed E-state index contributed by atoms with van der Waals surface area (Å²) < 4.78 is 5.05. The third kappa shape index (κ3) is 4.19. The molecule has 0 aromatic heterocycles. The number of hydrogen-bond acceptors (Lipinski definition) is 5. The van der Waals surface area contributed by atoms with Crippen LogP contribution in [0.5, 0.6) is 5.75 Å². The predicted octanol–water partition coefficient (Wildman–Crippen LogP) is 2.78. The Labute approximate surface area is 139 Å². The van der Waals surface area contributed by atoms with Crippen molar-refractivity contribution >= 4 is 23.3 Å². The molecule has 124 valence electrons. The summed E-state index contributed by atoms with van der Waals surface area (Å²) in [5.41, 5.74) is 0.876. The highest BCUT2D eigenvalue weighted by Gasteiger charge is 2.21. The molecule has 24 heavy (non-hydrogen) atoms. The van der Waals surface area contributed by atoms with Gasteiger partial charge in [0, 0.05) is 11.3 Å². The molecule has 0 saturated heterocycles. The lowest BCUT2D eigenvalue weighted by Crippen LogP contribution is -2.30. The van der Waals surface area contributed by atoms with Crippen molar-refractivity contribution in [1.82, 2.24) is 0 Å². The zero-order valence-electron chi connectivity index (χ0n) is 13.3. The number of nitrogens with one attached hydrogen (secondary N) is 1. The maximum atomic E-state index is 12.1. The van der Waals surface area contributed by atoms with Crippen LogP contribution in [0.15, 0.2) is 48.5 Å². The Morgan fingerprint density at radius 3 is 2.46 bits per heavy atom. The monoisotopic (exact) mass is 327 g/mol. The van der Waals surface area contributed by atoms with Gasteiger partial charge in [-0.25, -0.2) is 4.79 Å². The van der Waals surface area contributed by atoms with Crippen molar-refractivity contribution in [3.63, 3.8) is 0 Å². The van der Waals surface area contributed by atoms with Crippen molar-refractivity contribution in [2.24, 2.45) is 0 Å². The van der Waals surface area contributed by atoms with Crippen LogP contribution >= 0.6 is 0 Å². The molecule has 1 atom stereocenters. The second-order valence-corrected chi connectivity index (χ2v) is 5.19. The third-order valence-corrected chi connectivity index (χ3v) is 3.31. The Hall–Kier alpha value is -3.15. The van der Waals surface area contributed by atoms with Gasteiger partial charge in [-0.1, -0.05) is 24.3 Å². The molecule has 0 fully saturated rings. The molecule has 0 bridgehead atoms. The van der Waals surface area contributed by atoms with Gasteiger partial charge in [0.2, 0.25) is 0 Å². The van der Waals surface area contributed by atoms with E-state index in [4.69, 9.17) is 4.74 Å². The number of carbonyl (C=O) groups is 3. The molecule has 0 spiro atoms. The van der Waals surface area contributed by atoms with E-state index in [1.807, 2.05) is 0 Å². The average Bonchev–Trinajstić information content (AvgIpc) is 2.55. The van der Waals surface area contributed by atoms with Gasteiger partial charge in [-0.3, -0.25) is 9.59 Å². The fraction of sp³-hybridized carbons (Fsp3) is 0.167. The lowest BCUT2D eigenvalue weighted by molar-refractivity contribution is -0.123. The quantitative estimate of drug-likeness (QED) is 0.651. The van der Waals surface area contributed by atoms with E-state index in [0.29, 0.717) is 11.3 Å². The fourth-order valence-corrected chi connectivity index (χ4v) is 1.98. The molecule has 0 aliphatic carbocycles. The van der Waals surface area contributed by atoms with Crippen LogP contribution in [0.2, 0.25) is 0 Å². The molecule has 0 unspecified atom stereocenters. The van der Waals surface area contributed by atoms with Gasteiger partial charge in [0.1, 0.15) is 11.3 Å². The Bertz CT molecular complexity index is 784. The molecule has 0 aliphatic heterocycles. The van der Waals surface area contributed by atoms with E-state index in [1.165, 1.54) is 32.0 Å². The minimum atomic E-state index is -1.07. The number of ether oxygens (including phenoxy) is 1. The summed E-state index contributed by atoms with van der Waals surface area (Å²) in [5.74, 6) is -1.68. The molecular formula is C18H17NO5. The number of phenols is 1. The molecule has 0 saturated carbocycles. The van der Waals surface area contributed by atoms with Gasteiger partial charge in [0.15, 0.2) is 11.9 Å². The lowest BCUT2D eigenvalue weighted by Gasteiger charge is -2.14. The summed E-state index contributed by atoms with van der Waals surface area (Å²) in [4.78, 5) is 35.4. The lowest BCUT2D eigenvalue weighted by atomic mass is 10.1. The van der Waals surface area contributed by atoms with Gasteiger partial charge >= 0.3 is 5.97 Å². The van der Waals surface area contributed by atoms with Crippen LogP contribution < -0.4 is 5.32 Å². The number of rotatable bonds is 5. The summed E-state index contributed by atoms with van der Waals surface area (Å²) in [5, 5.41) is 12.2. The first-order chi connectivity index (χ1) is 11.4. The minimum Gasteiger partial charge on any atom is -0.507 e. The maximum absolute atomic E-state index is 12.1. The smallest absolute Gasteiger partial charge is 0.342 e. The van der Waals surface area contributed by atoms with Gasteiger partial charge in [-0.15, -0.1) is 0 Å². The molecule has 0 radical (unpaired) electrons. The first-order valence-corrected chi connectivity index (χ1v) is 7.29. The minimum absolute atomic E-state index is 0.0178. The molecule has 0 heterocycles. The molecule has 6 heteroatoms. The van der Waals surface area contributed by atoms with Crippen LogP contribution in [0.1, 0.15) is 34.6 Å². The van der Waals surface area contributed by atoms with Crippen molar-refractivity contribution in [1.29, 1.82) is 0 Å². The van der Waals surface area contributed by atoms with E-state index in [0.717, 1.165) is 0 Å². The summed E-state index contributed by atoms with van der Waals surface area (Å²) in [6, 6.07) is 12.4. The van der Waals surface area contributed by atoms with Gasteiger partial charge in [0.05, 0.1) is 0 Å². The van der Waals surface area contributed by atoms with E-state index in [9.17, 15) is 19.5 Å². The van der Waals surface area contributed by atoms with E-state index in [2.05, 4.69) is 5.32 Å². The van der Waals surface area contributed by atoms with Crippen molar-refractivity contribution in [2.75, 3.05) is 5.32 Å². The highest BCUT2D eigenvalue weighted by Crippen LogP contribution is 2.18. The number of aromatic hydroxyl groups is 1. The Balaban J connectivity index is 2.02.